The van der Waals surface area contributed by atoms with Crippen LogP contribution < -0.4 is 16.4 Å². The first kappa shape index (κ1) is 23.6. The van der Waals surface area contributed by atoms with Crippen LogP contribution in [0, 0.1) is 0 Å². The topological polar surface area (TPSA) is 128 Å². The van der Waals surface area contributed by atoms with Gasteiger partial charge >= 0.3 is 5.97 Å². The first-order valence-corrected chi connectivity index (χ1v) is 8.94. The molecule has 0 aliphatic heterocycles. The molecule has 0 radical (unpaired) electrons. The Balaban J connectivity index is 4.54. The number of carbonyl (C=O) groups excluding carboxylic acids is 4. The van der Waals surface area contributed by atoms with Gasteiger partial charge in [0.15, 0.2) is 0 Å². The van der Waals surface area contributed by atoms with E-state index in [1.807, 2.05) is 0 Å². The molecule has 0 aromatic carbocycles. The van der Waals surface area contributed by atoms with E-state index in [4.69, 9.17) is 5.73 Å². The van der Waals surface area contributed by atoms with Crippen molar-refractivity contribution < 1.29 is 23.9 Å². The number of amides is 3. The molecule has 2 atom stereocenters. The van der Waals surface area contributed by atoms with Gasteiger partial charge in [0, 0.05) is 18.5 Å². The van der Waals surface area contributed by atoms with Gasteiger partial charge in [0.2, 0.25) is 17.7 Å². The Labute approximate surface area is 154 Å². The third-order valence-corrected chi connectivity index (χ3v) is 3.66. The number of carbonyl (C=O) groups is 4. The molecule has 8 nitrogen and oxygen atoms in total. The standard InChI is InChI=1S/C18H31N3O5/c1-4-5-6-7-8-9-16(23)21-14(12-15(19)22)18(25)20-13(2)10-11-17(24)26-3/h10-11,13-14H,4-9,12H2,1-3H3,(H2,19,22)(H,20,25)(H,21,23)/b11-10+/t13-,14+/m0/s1. The van der Waals surface area contributed by atoms with E-state index >= 15 is 0 Å². The summed E-state index contributed by atoms with van der Waals surface area (Å²) in [6.45, 7) is 3.76. The van der Waals surface area contributed by atoms with Crippen LogP contribution in [0.25, 0.3) is 0 Å². The molecule has 0 aliphatic carbocycles. The van der Waals surface area contributed by atoms with Gasteiger partial charge in [-0.1, -0.05) is 38.7 Å². The quantitative estimate of drug-likeness (QED) is 0.253. The SMILES string of the molecule is CCCCCCCC(=O)N[C@H](CC(N)=O)C(=O)N[C@@H](C)/C=C/C(=O)OC. The number of ether oxygens (including phenoxy) is 1. The number of rotatable bonds is 13. The van der Waals surface area contributed by atoms with Crippen LogP contribution in [-0.2, 0) is 23.9 Å². The highest BCUT2D eigenvalue weighted by Gasteiger charge is 2.23. The zero-order valence-electron chi connectivity index (χ0n) is 15.9. The molecular weight excluding hydrogens is 338 g/mol. The van der Waals surface area contributed by atoms with E-state index in [9.17, 15) is 19.2 Å². The van der Waals surface area contributed by atoms with E-state index in [0.29, 0.717) is 6.42 Å². The first-order chi connectivity index (χ1) is 12.3. The van der Waals surface area contributed by atoms with E-state index in [1.165, 1.54) is 19.3 Å². The predicted molar refractivity (Wildman–Crippen MR) is 97.9 cm³/mol. The number of esters is 1. The van der Waals surface area contributed by atoms with E-state index in [-0.39, 0.29) is 12.3 Å². The molecule has 0 bridgehead atoms. The van der Waals surface area contributed by atoms with Crippen molar-refractivity contribution in [1.29, 1.82) is 0 Å². The van der Waals surface area contributed by atoms with Crippen molar-refractivity contribution in [2.24, 2.45) is 5.73 Å². The molecule has 0 aromatic heterocycles. The average molecular weight is 369 g/mol. The molecule has 3 amide bonds. The molecule has 0 rings (SSSR count). The fourth-order valence-corrected chi connectivity index (χ4v) is 2.23. The van der Waals surface area contributed by atoms with Crippen LogP contribution in [0.2, 0.25) is 0 Å². The van der Waals surface area contributed by atoms with E-state index in [2.05, 4.69) is 22.3 Å². The van der Waals surface area contributed by atoms with Crippen LogP contribution in [0.5, 0.6) is 0 Å². The predicted octanol–water partition coefficient (Wildman–Crippen LogP) is 0.941. The van der Waals surface area contributed by atoms with Crippen LogP contribution in [0.4, 0.5) is 0 Å². The molecule has 26 heavy (non-hydrogen) atoms. The molecule has 0 unspecified atom stereocenters. The lowest BCUT2D eigenvalue weighted by Gasteiger charge is -2.19. The first-order valence-electron chi connectivity index (χ1n) is 8.94. The Kier molecular flexibility index (Phi) is 12.6. The van der Waals surface area contributed by atoms with Crippen molar-refractivity contribution in [3.05, 3.63) is 12.2 Å². The van der Waals surface area contributed by atoms with Crippen LogP contribution in [-0.4, -0.2) is 42.9 Å². The van der Waals surface area contributed by atoms with Crippen molar-refractivity contribution in [1.82, 2.24) is 10.6 Å². The maximum absolute atomic E-state index is 12.3. The monoisotopic (exact) mass is 369 g/mol. The number of methoxy groups -OCH3 is 1. The van der Waals surface area contributed by atoms with Crippen LogP contribution >= 0.6 is 0 Å². The van der Waals surface area contributed by atoms with Crippen molar-refractivity contribution in [2.75, 3.05) is 7.11 Å². The summed E-state index contributed by atoms with van der Waals surface area (Å²) in [5.74, 6) is -2.06. The Morgan fingerprint density at radius 1 is 1.08 bits per heavy atom. The highest BCUT2D eigenvalue weighted by Crippen LogP contribution is 2.05. The van der Waals surface area contributed by atoms with Crippen LogP contribution in [0.15, 0.2) is 12.2 Å². The van der Waals surface area contributed by atoms with Crippen LogP contribution in [0.1, 0.15) is 58.8 Å². The van der Waals surface area contributed by atoms with Crippen molar-refractivity contribution in [3.8, 4) is 0 Å². The Morgan fingerprint density at radius 2 is 1.73 bits per heavy atom. The molecule has 8 heteroatoms. The van der Waals surface area contributed by atoms with Gasteiger partial charge in [-0.15, -0.1) is 0 Å². The number of hydrogen-bond donors (Lipinski definition) is 3. The van der Waals surface area contributed by atoms with Crippen molar-refractivity contribution in [3.63, 3.8) is 0 Å². The zero-order chi connectivity index (χ0) is 19.9. The second-order valence-corrected chi connectivity index (χ2v) is 6.13. The van der Waals surface area contributed by atoms with Gasteiger partial charge in [-0.05, 0) is 13.3 Å². The van der Waals surface area contributed by atoms with Gasteiger partial charge in [0.25, 0.3) is 0 Å². The Morgan fingerprint density at radius 3 is 2.31 bits per heavy atom. The highest BCUT2D eigenvalue weighted by molar-refractivity contribution is 5.92. The minimum absolute atomic E-state index is 0.291. The number of nitrogens with one attached hydrogen (secondary N) is 2. The molecule has 0 spiro atoms. The molecule has 0 fully saturated rings. The molecule has 0 saturated carbocycles. The van der Waals surface area contributed by atoms with Gasteiger partial charge in [-0.3, -0.25) is 14.4 Å². The molecule has 0 saturated heterocycles. The fourth-order valence-electron chi connectivity index (χ4n) is 2.23. The summed E-state index contributed by atoms with van der Waals surface area (Å²) < 4.78 is 4.46. The van der Waals surface area contributed by atoms with Crippen LogP contribution in [0.3, 0.4) is 0 Å². The second kappa shape index (κ2) is 13.9. The lowest BCUT2D eigenvalue weighted by molar-refractivity contribution is -0.135. The minimum Gasteiger partial charge on any atom is -0.466 e. The summed E-state index contributed by atoms with van der Waals surface area (Å²) in [6, 6.07) is -1.52. The Hall–Kier alpha value is -2.38. The third-order valence-electron chi connectivity index (χ3n) is 3.66. The molecule has 4 N–H and O–H groups in total. The molecule has 148 valence electrons. The average Bonchev–Trinajstić information content (AvgIpc) is 2.58. The van der Waals surface area contributed by atoms with Gasteiger partial charge in [-0.2, -0.15) is 0 Å². The summed E-state index contributed by atoms with van der Waals surface area (Å²) in [5, 5.41) is 5.15. The van der Waals surface area contributed by atoms with Gasteiger partial charge in [0.1, 0.15) is 6.04 Å². The van der Waals surface area contributed by atoms with Crippen molar-refractivity contribution in [2.45, 2.75) is 70.9 Å². The van der Waals surface area contributed by atoms with Crippen molar-refractivity contribution >= 4 is 23.7 Å². The van der Waals surface area contributed by atoms with Gasteiger partial charge in [-0.25, -0.2) is 4.79 Å². The zero-order valence-corrected chi connectivity index (χ0v) is 15.9. The highest BCUT2D eigenvalue weighted by atomic mass is 16.5. The smallest absolute Gasteiger partial charge is 0.330 e. The van der Waals surface area contributed by atoms with E-state index < -0.39 is 29.9 Å². The summed E-state index contributed by atoms with van der Waals surface area (Å²) >= 11 is 0. The second-order valence-electron chi connectivity index (χ2n) is 6.13. The van der Waals surface area contributed by atoms with E-state index in [1.54, 1.807) is 6.92 Å². The van der Waals surface area contributed by atoms with Gasteiger partial charge < -0.3 is 21.1 Å². The van der Waals surface area contributed by atoms with E-state index in [0.717, 1.165) is 32.1 Å². The largest absolute Gasteiger partial charge is 0.466 e. The number of unbranched alkanes of at least 4 members (excludes halogenated alkanes) is 4. The molecular formula is C18H31N3O5. The summed E-state index contributed by atoms with van der Waals surface area (Å²) in [6.07, 6.45) is 7.63. The maximum Gasteiger partial charge on any atom is 0.330 e. The Bertz CT molecular complexity index is 505. The number of nitrogens with two attached hydrogens (primary N) is 1. The molecule has 0 aromatic rings. The minimum atomic E-state index is -1.04. The third kappa shape index (κ3) is 12.0. The molecule has 0 heterocycles. The summed E-state index contributed by atoms with van der Waals surface area (Å²) in [5.41, 5.74) is 5.16. The summed E-state index contributed by atoms with van der Waals surface area (Å²) in [7, 11) is 1.25. The number of primary amides is 1. The molecule has 0 aliphatic rings. The lowest BCUT2D eigenvalue weighted by atomic mass is 10.1. The lowest BCUT2D eigenvalue weighted by Crippen LogP contribution is -2.50. The summed E-state index contributed by atoms with van der Waals surface area (Å²) in [4.78, 5) is 46.5. The fraction of sp³-hybridized carbons (Fsp3) is 0.667. The normalized spacial score (nSPS) is 13.0. The van der Waals surface area contributed by atoms with Gasteiger partial charge in [0.05, 0.1) is 13.5 Å². The number of hydrogen-bond acceptors (Lipinski definition) is 5. The maximum atomic E-state index is 12.3.